The first-order chi connectivity index (χ1) is 12.3. The number of hydrogen-bond acceptors (Lipinski definition) is 4. The van der Waals surface area contributed by atoms with Gasteiger partial charge in [0.05, 0.1) is 11.9 Å². The smallest absolute Gasteiger partial charge is 0.259 e. The summed E-state index contributed by atoms with van der Waals surface area (Å²) in [5.74, 6) is -1.26. The van der Waals surface area contributed by atoms with Gasteiger partial charge in [0.2, 0.25) is 0 Å². The van der Waals surface area contributed by atoms with E-state index in [1.807, 2.05) is 13.0 Å². The van der Waals surface area contributed by atoms with E-state index in [4.69, 9.17) is 4.74 Å². The lowest BCUT2D eigenvalue weighted by Gasteiger charge is -2.14. The van der Waals surface area contributed by atoms with E-state index in [1.165, 1.54) is 6.07 Å². The molecule has 0 N–H and O–H groups in total. The van der Waals surface area contributed by atoms with E-state index in [2.05, 4.69) is 32.6 Å². The lowest BCUT2D eigenvalue weighted by molar-refractivity contribution is 0.292. The van der Waals surface area contributed by atoms with E-state index in [9.17, 15) is 13.6 Å². The van der Waals surface area contributed by atoms with Gasteiger partial charge in [0.15, 0.2) is 5.82 Å². The lowest BCUT2D eigenvalue weighted by atomic mass is 10.2. The third-order valence-corrected chi connectivity index (χ3v) is 4.32. The summed E-state index contributed by atoms with van der Waals surface area (Å²) in [5, 5.41) is 0. The molecule has 0 aliphatic heterocycles. The molecule has 0 aromatic carbocycles. The van der Waals surface area contributed by atoms with Crippen molar-refractivity contribution in [1.82, 2.24) is 14.5 Å². The standard InChI is InChI=1S/C18H14F2IN3O2/c1-10-7-23-17(21)6-16(10)24-11(2)3-13(5-18(24)25)26-9-15-14(20)4-12(19)8-22-15/h3-8H,9H2,1-2H3. The van der Waals surface area contributed by atoms with Gasteiger partial charge in [0.1, 0.15) is 27.6 Å². The predicted molar refractivity (Wildman–Crippen MR) is 101 cm³/mol. The Morgan fingerprint density at radius 2 is 1.88 bits per heavy atom. The summed E-state index contributed by atoms with van der Waals surface area (Å²) in [6.45, 7) is 3.44. The fraction of sp³-hybridized carbons (Fsp3) is 0.167. The van der Waals surface area contributed by atoms with Crippen LogP contribution in [0.15, 0.2) is 41.5 Å². The number of aryl methyl sites for hydroxylation is 2. The zero-order valence-electron chi connectivity index (χ0n) is 14.0. The minimum absolute atomic E-state index is 0.0345. The summed E-state index contributed by atoms with van der Waals surface area (Å²) in [4.78, 5) is 20.4. The van der Waals surface area contributed by atoms with Gasteiger partial charge in [-0.05, 0) is 48.1 Å². The van der Waals surface area contributed by atoms with Crippen molar-refractivity contribution in [2.24, 2.45) is 0 Å². The number of hydrogen-bond donors (Lipinski definition) is 0. The van der Waals surface area contributed by atoms with Crippen LogP contribution in [0.5, 0.6) is 5.75 Å². The van der Waals surface area contributed by atoms with Crippen molar-refractivity contribution in [2.45, 2.75) is 20.5 Å². The first-order valence-electron chi connectivity index (χ1n) is 7.64. The van der Waals surface area contributed by atoms with Gasteiger partial charge >= 0.3 is 0 Å². The van der Waals surface area contributed by atoms with E-state index >= 15 is 0 Å². The molecule has 3 aromatic heterocycles. The summed E-state index contributed by atoms with van der Waals surface area (Å²) < 4.78 is 34.3. The van der Waals surface area contributed by atoms with E-state index in [0.717, 1.165) is 27.2 Å². The fourth-order valence-electron chi connectivity index (χ4n) is 2.49. The molecule has 3 heterocycles. The van der Waals surface area contributed by atoms with Crippen LogP contribution >= 0.6 is 22.6 Å². The van der Waals surface area contributed by atoms with Crippen LogP contribution in [0.4, 0.5) is 8.78 Å². The second-order valence-corrected chi connectivity index (χ2v) is 6.78. The van der Waals surface area contributed by atoms with Crippen molar-refractivity contribution < 1.29 is 13.5 Å². The first kappa shape index (κ1) is 18.4. The van der Waals surface area contributed by atoms with Crippen molar-refractivity contribution in [3.8, 4) is 11.4 Å². The molecule has 5 nitrogen and oxygen atoms in total. The van der Waals surface area contributed by atoms with Gasteiger partial charge in [-0.1, -0.05) is 0 Å². The molecule has 8 heteroatoms. The lowest BCUT2D eigenvalue weighted by Crippen LogP contribution is -2.21. The van der Waals surface area contributed by atoms with Gasteiger partial charge in [-0.25, -0.2) is 13.8 Å². The van der Waals surface area contributed by atoms with Gasteiger partial charge in [0, 0.05) is 30.1 Å². The molecule has 0 atom stereocenters. The van der Waals surface area contributed by atoms with E-state index in [0.29, 0.717) is 5.69 Å². The van der Waals surface area contributed by atoms with Gasteiger partial charge in [0.25, 0.3) is 5.56 Å². The van der Waals surface area contributed by atoms with Crippen molar-refractivity contribution in [1.29, 1.82) is 0 Å². The molecule has 0 amide bonds. The van der Waals surface area contributed by atoms with Crippen LogP contribution in [-0.2, 0) is 6.61 Å². The topological polar surface area (TPSA) is 57.0 Å². The highest BCUT2D eigenvalue weighted by Gasteiger charge is 2.11. The molecule has 0 fully saturated rings. The second-order valence-electron chi connectivity index (χ2n) is 5.67. The van der Waals surface area contributed by atoms with E-state index in [1.54, 1.807) is 23.8 Å². The monoisotopic (exact) mass is 469 g/mol. The van der Waals surface area contributed by atoms with Crippen LogP contribution in [0, 0.1) is 29.2 Å². The largest absolute Gasteiger partial charge is 0.487 e. The molecule has 0 radical (unpaired) electrons. The van der Waals surface area contributed by atoms with Gasteiger partial charge in [-0.3, -0.25) is 14.3 Å². The molecular formula is C18H14F2IN3O2. The maximum absolute atomic E-state index is 13.6. The first-order valence-corrected chi connectivity index (χ1v) is 8.72. The van der Waals surface area contributed by atoms with Crippen LogP contribution in [0.1, 0.15) is 17.0 Å². The van der Waals surface area contributed by atoms with Gasteiger partial charge in [-0.2, -0.15) is 0 Å². The van der Waals surface area contributed by atoms with Crippen LogP contribution in [-0.4, -0.2) is 14.5 Å². The Kier molecular flexibility index (Phi) is 5.30. The minimum atomic E-state index is -0.794. The number of ether oxygens (including phenoxy) is 1. The Bertz CT molecular complexity index is 1040. The normalized spacial score (nSPS) is 10.8. The SMILES string of the molecule is Cc1cnc(I)cc1-n1c(C)cc(OCc2ncc(F)cc2F)cc1=O. The van der Waals surface area contributed by atoms with Crippen molar-refractivity contribution >= 4 is 22.6 Å². The summed E-state index contributed by atoms with van der Waals surface area (Å²) in [5.41, 5.74) is 1.95. The van der Waals surface area contributed by atoms with E-state index < -0.39 is 11.6 Å². The Hall–Kier alpha value is -2.36. The zero-order valence-corrected chi connectivity index (χ0v) is 16.1. The van der Waals surface area contributed by atoms with Crippen LogP contribution in [0.3, 0.4) is 0 Å². The summed E-state index contributed by atoms with van der Waals surface area (Å²) in [7, 11) is 0. The average Bonchev–Trinajstić information content (AvgIpc) is 2.56. The Morgan fingerprint density at radius 3 is 2.58 bits per heavy atom. The van der Waals surface area contributed by atoms with Crippen LogP contribution in [0.25, 0.3) is 5.69 Å². The minimum Gasteiger partial charge on any atom is -0.487 e. The number of halogens is 3. The van der Waals surface area contributed by atoms with Crippen molar-refractivity contribution in [3.05, 3.63) is 79.3 Å². The highest BCUT2D eigenvalue weighted by Crippen LogP contribution is 2.19. The summed E-state index contributed by atoms with van der Waals surface area (Å²) in [6.07, 6.45) is 2.62. The summed E-state index contributed by atoms with van der Waals surface area (Å²) >= 11 is 2.08. The third kappa shape index (κ3) is 3.90. The molecular weight excluding hydrogens is 455 g/mol. The molecule has 3 rings (SSSR count). The molecule has 0 aliphatic carbocycles. The van der Waals surface area contributed by atoms with Crippen LogP contribution < -0.4 is 10.3 Å². The van der Waals surface area contributed by atoms with Crippen LogP contribution in [0.2, 0.25) is 0 Å². The third-order valence-electron chi connectivity index (χ3n) is 3.73. The number of nitrogens with zero attached hydrogens (tertiary/aromatic N) is 3. The molecule has 0 unspecified atom stereocenters. The maximum atomic E-state index is 13.6. The van der Waals surface area contributed by atoms with Gasteiger partial charge in [-0.15, -0.1) is 0 Å². The summed E-state index contributed by atoms with van der Waals surface area (Å²) in [6, 6.07) is 5.56. The average molecular weight is 469 g/mol. The Morgan fingerprint density at radius 1 is 1.12 bits per heavy atom. The molecule has 0 saturated carbocycles. The molecule has 134 valence electrons. The molecule has 3 aromatic rings. The zero-order chi connectivity index (χ0) is 18.8. The quantitative estimate of drug-likeness (QED) is 0.432. The number of aromatic nitrogens is 3. The molecule has 0 saturated heterocycles. The number of rotatable bonds is 4. The maximum Gasteiger partial charge on any atom is 0.259 e. The fourth-order valence-corrected chi connectivity index (χ4v) is 2.93. The molecule has 0 aliphatic rings. The van der Waals surface area contributed by atoms with E-state index in [-0.39, 0.29) is 23.6 Å². The Labute approximate surface area is 161 Å². The highest BCUT2D eigenvalue weighted by atomic mass is 127. The predicted octanol–water partition coefficient (Wildman–Crippen LogP) is 3.71. The van der Waals surface area contributed by atoms with Crippen molar-refractivity contribution in [2.75, 3.05) is 0 Å². The second kappa shape index (κ2) is 7.48. The molecule has 0 spiro atoms. The molecule has 26 heavy (non-hydrogen) atoms. The highest BCUT2D eigenvalue weighted by molar-refractivity contribution is 14.1. The Balaban J connectivity index is 1.90. The van der Waals surface area contributed by atoms with Crippen molar-refractivity contribution in [3.63, 3.8) is 0 Å². The molecule has 0 bridgehead atoms. The van der Waals surface area contributed by atoms with Gasteiger partial charge < -0.3 is 4.74 Å². The number of pyridine rings is 3.